The summed E-state index contributed by atoms with van der Waals surface area (Å²) in [6.07, 6.45) is 12.3. The lowest BCUT2D eigenvalue weighted by Crippen LogP contribution is -2.19. The molecule has 0 radical (unpaired) electrons. The molecule has 0 unspecified atom stereocenters. The Bertz CT molecular complexity index is 378. The summed E-state index contributed by atoms with van der Waals surface area (Å²) < 4.78 is 0. The maximum absolute atomic E-state index is 3.97. The van der Waals surface area contributed by atoms with E-state index in [2.05, 4.69) is 44.8 Å². The van der Waals surface area contributed by atoms with Gasteiger partial charge >= 0.3 is 0 Å². The van der Waals surface area contributed by atoms with Crippen molar-refractivity contribution in [3.8, 4) is 0 Å². The van der Waals surface area contributed by atoms with Crippen molar-refractivity contribution < 1.29 is 0 Å². The first-order chi connectivity index (χ1) is 7.97. The van der Waals surface area contributed by atoms with Crippen LogP contribution < -0.4 is 0 Å². The van der Waals surface area contributed by atoms with Crippen LogP contribution >= 0.6 is 0 Å². The summed E-state index contributed by atoms with van der Waals surface area (Å²) in [5.74, 6) is 0. The normalized spacial score (nSPS) is 21.8. The van der Waals surface area contributed by atoms with E-state index in [1.165, 1.54) is 30.4 Å². The van der Waals surface area contributed by atoms with Gasteiger partial charge in [-0.2, -0.15) is 0 Å². The quantitative estimate of drug-likeness (QED) is 0.492. The van der Waals surface area contributed by atoms with Gasteiger partial charge < -0.3 is 0 Å². The first kappa shape index (κ1) is 14.0. The maximum atomic E-state index is 3.97. The Kier molecular flexibility index (Phi) is 4.92. The molecule has 1 nitrogen and oxygen atoms in total. The van der Waals surface area contributed by atoms with E-state index < -0.39 is 0 Å². The fourth-order valence-corrected chi connectivity index (χ4v) is 2.47. The highest BCUT2D eigenvalue weighted by atomic mass is 14.6. The third-order valence-corrected chi connectivity index (χ3v) is 3.54. The fraction of sp³-hybridized carbons (Fsp3) is 0.562. The zero-order valence-corrected chi connectivity index (χ0v) is 11.9. The molecule has 0 amide bonds. The van der Waals surface area contributed by atoms with Crippen LogP contribution in [0, 0.1) is 5.41 Å². The molecule has 0 aliphatic heterocycles. The Hall–Kier alpha value is -1.11. The van der Waals surface area contributed by atoms with Crippen LogP contribution in [0.2, 0.25) is 0 Å². The van der Waals surface area contributed by atoms with E-state index in [0.717, 1.165) is 0 Å². The van der Waals surface area contributed by atoms with Crippen LogP contribution in [-0.4, -0.2) is 13.3 Å². The summed E-state index contributed by atoms with van der Waals surface area (Å²) in [5.41, 5.74) is 4.65. The molecule has 0 aromatic heterocycles. The smallest absolute Gasteiger partial charge is 0.0277 e. The van der Waals surface area contributed by atoms with Crippen LogP contribution in [0.3, 0.4) is 0 Å². The Morgan fingerprint density at radius 1 is 1.35 bits per heavy atom. The van der Waals surface area contributed by atoms with Crippen LogP contribution in [-0.2, 0) is 0 Å². The second-order valence-corrected chi connectivity index (χ2v) is 5.58. The molecule has 0 aromatic carbocycles. The molecule has 0 aromatic rings. The Morgan fingerprint density at radius 2 is 2.06 bits per heavy atom. The molecule has 0 bridgehead atoms. The maximum Gasteiger partial charge on any atom is 0.0277 e. The Morgan fingerprint density at radius 3 is 2.65 bits per heavy atom. The molecular weight excluding hydrogens is 206 g/mol. The van der Waals surface area contributed by atoms with E-state index in [4.69, 9.17) is 0 Å². The average Bonchev–Trinajstić information content (AvgIpc) is 2.24. The van der Waals surface area contributed by atoms with Gasteiger partial charge in [-0.3, -0.25) is 4.99 Å². The van der Waals surface area contributed by atoms with Gasteiger partial charge in [0.1, 0.15) is 0 Å². The fourth-order valence-electron chi connectivity index (χ4n) is 2.47. The molecule has 94 valence electrons. The van der Waals surface area contributed by atoms with Gasteiger partial charge in [0.05, 0.1) is 0 Å². The minimum atomic E-state index is 0.331. The van der Waals surface area contributed by atoms with Gasteiger partial charge in [-0.05, 0) is 55.7 Å². The minimum absolute atomic E-state index is 0.331. The SMILES string of the molecule is CN=C/C=C(C)/C=C/C1=C(C)CCCC1(C)C. The lowest BCUT2D eigenvalue weighted by Gasteiger charge is -2.32. The van der Waals surface area contributed by atoms with Crippen molar-refractivity contribution in [1.82, 2.24) is 0 Å². The number of hydrogen-bond donors (Lipinski definition) is 0. The van der Waals surface area contributed by atoms with Gasteiger partial charge in [-0.25, -0.2) is 0 Å². The number of hydrogen-bond acceptors (Lipinski definition) is 1. The van der Waals surface area contributed by atoms with Crippen LogP contribution in [0.25, 0.3) is 0 Å². The van der Waals surface area contributed by atoms with Crippen molar-refractivity contribution >= 4 is 6.21 Å². The molecule has 0 N–H and O–H groups in total. The summed E-state index contributed by atoms with van der Waals surface area (Å²) in [6.45, 7) is 9.08. The zero-order valence-electron chi connectivity index (χ0n) is 11.9. The van der Waals surface area contributed by atoms with Gasteiger partial charge in [0, 0.05) is 13.3 Å². The monoisotopic (exact) mass is 231 g/mol. The van der Waals surface area contributed by atoms with Crippen molar-refractivity contribution in [2.24, 2.45) is 10.4 Å². The summed E-state index contributed by atoms with van der Waals surface area (Å²) >= 11 is 0. The highest BCUT2D eigenvalue weighted by Crippen LogP contribution is 2.40. The molecule has 0 saturated carbocycles. The van der Waals surface area contributed by atoms with Gasteiger partial charge in [0.15, 0.2) is 0 Å². The third kappa shape index (κ3) is 3.99. The zero-order chi connectivity index (χ0) is 12.9. The molecule has 1 aliphatic rings. The average molecular weight is 231 g/mol. The van der Waals surface area contributed by atoms with Gasteiger partial charge in [0.25, 0.3) is 0 Å². The van der Waals surface area contributed by atoms with Crippen molar-refractivity contribution in [1.29, 1.82) is 0 Å². The molecular formula is C16H25N. The summed E-state index contributed by atoms with van der Waals surface area (Å²) in [7, 11) is 1.80. The molecule has 0 fully saturated rings. The van der Waals surface area contributed by atoms with Crippen molar-refractivity contribution in [2.75, 3.05) is 7.05 Å². The van der Waals surface area contributed by atoms with Crippen molar-refractivity contribution in [2.45, 2.75) is 47.0 Å². The Balaban J connectivity index is 2.89. The second-order valence-electron chi connectivity index (χ2n) is 5.58. The van der Waals surface area contributed by atoms with Gasteiger partial charge in [-0.15, -0.1) is 0 Å². The van der Waals surface area contributed by atoms with Crippen LogP contribution in [0.15, 0.2) is 39.9 Å². The second kappa shape index (κ2) is 6.00. The van der Waals surface area contributed by atoms with Crippen LogP contribution in [0.4, 0.5) is 0 Å². The molecule has 0 saturated heterocycles. The summed E-state index contributed by atoms with van der Waals surface area (Å²) in [5, 5.41) is 0. The molecule has 1 rings (SSSR count). The largest absolute Gasteiger partial charge is 0.297 e. The minimum Gasteiger partial charge on any atom is -0.297 e. The predicted molar refractivity (Wildman–Crippen MR) is 77.6 cm³/mol. The van der Waals surface area contributed by atoms with Gasteiger partial charge in [0.2, 0.25) is 0 Å². The standard InChI is InChI=1S/C16H25N/c1-13(10-12-17-5)8-9-15-14(2)7-6-11-16(15,3)4/h8-10,12H,6-7,11H2,1-5H3/b9-8+,13-10+,17-12?. The topological polar surface area (TPSA) is 12.4 Å². The van der Waals surface area contributed by atoms with E-state index in [1.807, 2.05) is 12.3 Å². The lowest BCUT2D eigenvalue weighted by molar-refractivity contribution is 0.377. The predicted octanol–water partition coefficient (Wildman–Crippen LogP) is 4.72. The van der Waals surface area contributed by atoms with E-state index >= 15 is 0 Å². The van der Waals surface area contributed by atoms with E-state index in [0.29, 0.717) is 5.41 Å². The lowest BCUT2D eigenvalue weighted by atomic mass is 9.72. The summed E-state index contributed by atoms with van der Waals surface area (Å²) in [4.78, 5) is 3.97. The first-order valence-electron chi connectivity index (χ1n) is 6.45. The van der Waals surface area contributed by atoms with E-state index in [9.17, 15) is 0 Å². The first-order valence-corrected chi connectivity index (χ1v) is 6.45. The number of aliphatic imine (C=N–C) groups is 1. The van der Waals surface area contributed by atoms with Gasteiger partial charge in [-0.1, -0.05) is 31.6 Å². The number of nitrogens with zero attached hydrogens (tertiary/aromatic N) is 1. The number of rotatable bonds is 3. The van der Waals surface area contributed by atoms with Crippen molar-refractivity contribution in [3.63, 3.8) is 0 Å². The summed E-state index contributed by atoms with van der Waals surface area (Å²) in [6, 6.07) is 0. The van der Waals surface area contributed by atoms with E-state index in [1.54, 1.807) is 12.6 Å². The highest BCUT2D eigenvalue weighted by molar-refractivity contribution is 5.72. The van der Waals surface area contributed by atoms with Crippen molar-refractivity contribution in [3.05, 3.63) is 34.9 Å². The molecule has 17 heavy (non-hydrogen) atoms. The Labute approximate surface area is 106 Å². The van der Waals surface area contributed by atoms with Crippen LogP contribution in [0.5, 0.6) is 0 Å². The highest BCUT2D eigenvalue weighted by Gasteiger charge is 2.26. The molecule has 0 atom stereocenters. The molecule has 0 heterocycles. The molecule has 1 heteroatoms. The van der Waals surface area contributed by atoms with E-state index in [-0.39, 0.29) is 0 Å². The molecule has 0 spiro atoms. The molecule has 1 aliphatic carbocycles. The third-order valence-electron chi connectivity index (χ3n) is 3.54. The number of allylic oxidation sites excluding steroid dienone is 6. The van der Waals surface area contributed by atoms with Crippen LogP contribution in [0.1, 0.15) is 47.0 Å².